The molecular formula is C13H19N3. The van der Waals surface area contributed by atoms with Gasteiger partial charge >= 0.3 is 0 Å². The van der Waals surface area contributed by atoms with E-state index in [0.29, 0.717) is 6.04 Å². The Morgan fingerprint density at radius 3 is 2.75 bits per heavy atom. The number of benzene rings is 1. The van der Waals surface area contributed by atoms with Crippen LogP contribution >= 0.6 is 0 Å². The number of hydrogen-bond donors (Lipinski definition) is 2. The summed E-state index contributed by atoms with van der Waals surface area (Å²) in [4.78, 5) is 2.62. The molecule has 2 unspecified atom stereocenters. The third-order valence-electron chi connectivity index (χ3n) is 3.87. The summed E-state index contributed by atoms with van der Waals surface area (Å²) in [5, 5.41) is 3.64. The van der Waals surface area contributed by atoms with Gasteiger partial charge in [-0.05, 0) is 50.1 Å². The van der Waals surface area contributed by atoms with Crippen LogP contribution in [-0.2, 0) is 0 Å². The number of rotatable bonds is 2. The van der Waals surface area contributed by atoms with Gasteiger partial charge < -0.3 is 11.1 Å². The van der Waals surface area contributed by atoms with Crippen LogP contribution in [0.1, 0.15) is 19.3 Å². The summed E-state index contributed by atoms with van der Waals surface area (Å²) in [6.45, 7) is 2.56. The normalized spacial score (nSPS) is 29.2. The minimum absolute atomic E-state index is 0.631. The lowest BCUT2D eigenvalue weighted by molar-refractivity contribution is 0.318. The Kier molecular flexibility index (Phi) is 2.48. The Hall–Kier alpha value is -1.22. The maximum Gasteiger partial charge on any atom is 0.0429 e. The van der Waals surface area contributed by atoms with Crippen molar-refractivity contribution in [2.75, 3.05) is 24.1 Å². The molecular weight excluding hydrogens is 198 g/mol. The van der Waals surface area contributed by atoms with E-state index < -0.39 is 0 Å². The molecule has 0 radical (unpaired) electrons. The topological polar surface area (TPSA) is 41.3 Å². The molecule has 2 saturated heterocycles. The fraction of sp³-hybridized carbons (Fsp3) is 0.538. The lowest BCUT2D eigenvalue weighted by Crippen LogP contribution is -2.33. The van der Waals surface area contributed by atoms with E-state index in [1.54, 1.807) is 0 Å². The number of fused-ring (bicyclic) bond motifs is 1. The predicted octanol–water partition coefficient (Wildman–Crippen LogP) is 1.92. The molecule has 0 bridgehead atoms. The Balaban J connectivity index is 1.68. The molecule has 2 atom stereocenters. The summed E-state index contributed by atoms with van der Waals surface area (Å²) in [6.07, 6.45) is 3.99. The van der Waals surface area contributed by atoms with E-state index in [9.17, 15) is 0 Å². The van der Waals surface area contributed by atoms with Crippen molar-refractivity contribution in [3.63, 3.8) is 0 Å². The molecule has 0 aromatic heterocycles. The Bertz CT molecular complexity index is 360. The third kappa shape index (κ3) is 1.76. The van der Waals surface area contributed by atoms with Crippen LogP contribution < -0.4 is 11.1 Å². The van der Waals surface area contributed by atoms with Gasteiger partial charge in [0, 0.05) is 30.0 Å². The Morgan fingerprint density at radius 2 is 1.94 bits per heavy atom. The van der Waals surface area contributed by atoms with Crippen LogP contribution in [0.25, 0.3) is 0 Å². The highest BCUT2D eigenvalue weighted by Gasteiger charge is 2.36. The number of hydrogen-bond acceptors (Lipinski definition) is 3. The first-order chi connectivity index (χ1) is 7.83. The molecule has 3 rings (SSSR count). The highest BCUT2D eigenvalue weighted by Crippen LogP contribution is 2.30. The molecule has 3 N–H and O–H groups in total. The fourth-order valence-corrected chi connectivity index (χ4v) is 3.04. The van der Waals surface area contributed by atoms with Crippen LogP contribution in [0.15, 0.2) is 24.3 Å². The smallest absolute Gasteiger partial charge is 0.0429 e. The molecule has 2 heterocycles. The van der Waals surface area contributed by atoms with E-state index in [1.165, 1.54) is 38.0 Å². The van der Waals surface area contributed by atoms with Gasteiger partial charge in [0.15, 0.2) is 0 Å². The number of nitrogens with two attached hydrogens (primary N) is 1. The van der Waals surface area contributed by atoms with Gasteiger partial charge in [0.2, 0.25) is 0 Å². The van der Waals surface area contributed by atoms with Gasteiger partial charge in [-0.1, -0.05) is 0 Å². The first-order valence-electron chi connectivity index (χ1n) is 6.19. The molecule has 1 aromatic rings. The van der Waals surface area contributed by atoms with E-state index in [4.69, 9.17) is 5.73 Å². The second-order valence-electron chi connectivity index (χ2n) is 4.91. The molecule has 2 fully saturated rings. The van der Waals surface area contributed by atoms with E-state index in [1.807, 2.05) is 12.1 Å². The van der Waals surface area contributed by atoms with Crippen molar-refractivity contribution in [3.05, 3.63) is 24.3 Å². The summed E-state index contributed by atoms with van der Waals surface area (Å²) in [5.41, 5.74) is 7.72. The van der Waals surface area contributed by atoms with Crippen LogP contribution in [-0.4, -0.2) is 30.1 Å². The van der Waals surface area contributed by atoms with Crippen LogP contribution in [0.5, 0.6) is 0 Å². The standard InChI is InChI=1S/C13H19N3/c14-10-3-5-11(6-4-10)15-12-7-9-16-8-1-2-13(12)16/h3-6,12-13,15H,1-2,7-9,14H2. The average Bonchev–Trinajstić information content (AvgIpc) is 2.86. The summed E-state index contributed by atoms with van der Waals surface area (Å²) in [5.74, 6) is 0. The van der Waals surface area contributed by atoms with Crippen LogP contribution in [0.4, 0.5) is 11.4 Å². The first-order valence-corrected chi connectivity index (χ1v) is 6.19. The van der Waals surface area contributed by atoms with E-state index in [-0.39, 0.29) is 0 Å². The highest BCUT2D eigenvalue weighted by atomic mass is 15.2. The molecule has 2 aliphatic heterocycles. The summed E-state index contributed by atoms with van der Waals surface area (Å²) in [6, 6.07) is 9.47. The van der Waals surface area contributed by atoms with Crippen LogP contribution in [0, 0.1) is 0 Å². The molecule has 3 nitrogen and oxygen atoms in total. The Labute approximate surface area is 96.6 Å². The van der Waals surface area contributed by atoms with Gasteiger partial charge in [0.05, 0.1) is 0 Å². The monoisotopic (exact) mass is 217 g/mol. The maximum absolute atomic E-state index is 5.68. The summed E-state index contributed by atoms with van der Waals surface area (Å²) >= 11 is 0. The Morgan fingerprint density at radius 1 is 1.12 bits per heavy atom. The fourth-order valence-electron chi connectivity index (χ4n) is 3.04. The van der Waals surface area contributed by atoms with Gasteiger partial charge in [0.1, 0.15) is 0 Å². The van der Waals surface area contributed by atoms with Crippen molar-refractivity contribution in [2.24, 2.45) is 0 Å². The first kappa shape index (κ1) is 9.97. The second-order valence-corrected chi connectivity index (χ2v) is 4.91. The molecule has 1 aromatic carbocycles. The van der Waals surface area contributed by atoms with Crippen molar-refractivity contribution in [1.82, 2.24) is 4.90 Å². The second kappa shape index (κ2) is 3.98. The molecule has 0 aliphatic carbocycles. The van der Waals surface area contributed by atoms with E-state index >= 15 is 0 Å². The zero-order valence-corrected chi connectivity index (χ0v) is 9.52. The van der Waals surface area contributed by atoms with Gasteiger partial charge in [-0.15, -0.1) is 0 Å². The molecule has 2 aliphatic rings. The molecule has 0 saturated carbocycles. The van der Waals surface area contributed by atoms with Crippen molar-refractivity contribution in [1.29, 1.82) is 0 Å². The number of nitrogen functional groups attached to an aromatic ring is 1. The van der Waals surface area contributed by atoms with Crippen molar-refractivity contribution in [3.8, 4) is 0 Å². The van der Waals surface area contributed by atoms with Gasteiger partial charge in [-0.3, -0.25) is 4.90 Å². The number of nitrogens with one attached hydrogen (secondary N) is 1. The largest absolute Gasteiger partial charge is 0.399 e. The zero-order valence-electron chi connectivity index (χ0n) is 9.52. The van der Waals surface area contributed by atoms with Gasteiger partial charge in [-0.2, -0.15) is 0 Å². The maximum atomic E-state index is 5.68. The SMILES string of the molecule is Nc1ccc(NC2CCN3CCCC23)cc1. The molecule has 86 valence electrons. The van der Waals surface area contributed by atoms with Crippen molar-refractivity contribution >= 4 is 11.4 Å². The number of nitrogens with zero attached hydrogens (tertiary/aromatic N) is 1. The predicted molar refractivity (Wildman–Crippen MR) is 67.5 cm³/mol. The average molecular weight is 217 g/mol. The van der Waals surface area contributed by atoms with Gasteiger partial charge in [0.25, 0.3) is 0 Å². The highest BCUT2D eigenvalue weighted by molar-refractivity contribution is 5.52. The minimum atomic E-state index is 0.631. The van der Waals surface area contributed by atoms with Crippen LogP contribution in [0.2, 0.25) is 0 Å². The molecule has 3 heteroatoms. The lowest BCUT2D eigenvalue weighted by Gasteiger charge is -2.22. The quantitative estimate of drug-likeness (QED) is 0.744. The van der Waals surface area contributed by atoms with Gasteiger partial charge in [-0.25, -0.2) is 0 Å². The van der Waals surface area contributed by atoms with Crippen molar-refractivity contribution in [2.45, 2.75) is 31.3 Å². The zero-order chi connectivity index (χ0) is 11.0. The molecule has 0 amide bonds. The molecule has 16 heavy (non-hydrogen) atoms. The van der Waals surface area contributed by atoms with E-state index in [2.05, 4.69) is 22.3 Å². The lowest BCUT2D eigenvalue weighted by atomic mass is 10.1. The minimum Gasteiger partial charge on any atom is -0.399 e. The number of anilines is 2. The van der Waals surface area contributed by atoms with Crippen LogP contribution in [0.3, 0.4) is 0 Å². The summed E-state index contributed by atoms with van der Waals surface area (Å²) in [7, 11) is 0. The third-order valence-corrected chi connectivity index (χ3v) is 3.87. The van der Waals surface area contributed by atoms with Crippen molar-refractivity contribution < 1.29 is 0 Å². The summed E-state index contributed by atoms with van der Waals surface area (Å²) < 4.78 is 0. The van der Waals surface area contributed by atoms with E-state index in [0.717, 1.165) is 11.7 Å². The molecule has 0 spiro atoms.